The van der Waals surface area contributed by atoms with E-state index in [1.54, 1.807) is 18.3 Å². The molecule has 1 aliphatic heterocycles. The minimum Gasteiger partial charge on any atom is -0.496 e. The number of aromatic nitrogens is 1. The summed E-state index contributed by atoms with van der Waals surface area (Å²) in [5.74, 6) is -0.155. The molecule has 0 aliphatic carbocycles. The molecule has 42 heavy (non-hydrogen) atoms. The van der Waals surface area contributed by atoms with E-state index in [0.29, 0.717) is 28.4 Å². The van der Waals surface area contributed by atoms with Crippen molar-refractivity contribution in [3.63, 3.8) is 0 Å². The van der Waals surface area contributed by atoms with Gasteiger partial charge in [0.15, 0.2) is 23.9 Å². The summed E-state index contributed by atoms with van der Waals surface area (Å²) >= 11 is 0. The number of carboxylic acids is 1. The van der Waals surface area contributed by atoms with Crippen LogP contribution < -0.4 is 29.0 Å². The van der Waals surface area contributed by atoms with Gasteiger partial charge in [-0.25, -0.2) is 4.79 Å². The van der Waals surface area contributed by atoms with Crippen molar-refractivity contribution in [1.29, 1.82) is 0 Å². The smallest absolute Gasteiger partial charge is 0.326 e. The molecule has 0 radical (unpaired) electrons. The lowest BCUT2D eigenvalue weighted by molar-refractivity contribution is -0.142. The van der Waals surface area contributed by atoms with Crippen LogP contribution in [0.3, 0.4) is 0 Å². The minimum atomic E-state index is -1.16. The van der Waals surface area contributed by atoms with E-state index in [1.165, 1.54) is 45.6 Å². The third-order valence-electron chi connectivity index (χ3n) is 6.77. The number of Topliss-reactive ketones (excluding diaryl/α,β-unsaturated/α-hetero) is 1. The first-order valence-corrected chi connectivity index (χ1v) is 12.9. The van der Waals surface area contributed by atoms with Gasteiger partial charge in [-0.1, -0.05) is 18.2 Å². The fourth-order valence-corrected chi connectivity index (χ4v) is 4.67. The van der Waals surface area contributed by atoms with E-state index in [1.807, 2.05) is 24.3 Å². The molecule has 1 atom stereocenters. The number of ketones is 1. The third-order valence-corrected chi connectivity index (χ3v) is 6.77. The maximum Gasteiger partial charge on any atom is 0.326 e. The Morgan fingerprint density at radius 2 is 1.74 bits per heavy atom. The van der Waals surface area contributed by atoms with E-state index in [2.05, 4.69) is 10.3 Å². The molecule has 0 fully saturated rings. The van der Waals surface area contributed by atoms with Crippen LogP contribution in [0.25, 0.3) is 17.0 Å². The van der Waals surface area contributed by atoms with Gasteiger partial charge >= 0.3 is 5.97 Å². The summed E-state index contributed by atoms with van der Waals surface area (Å²) in [6, 6.07) is 14.2. The summed E-state index contributed by atoms with van der Waals surface area (Å²) < 4.78 is 27.5. The van der Waals surface area contributed by atoms with Crippen molar-refractivity contribution in [2.75, 3.05) is 27.9 Å². The number of rotatable bonds is 11. The van der Waals surface area contributed by atoms with Crippen LogP contribution in [0.4, 0.5) is 0 Å². The molecule has 11 nitrogen and oxygen atoms in total. The van der Waals surface area contributed by atoms with E-state index < -0.39 is 24.5 Å². The SMILES string of the molecule is COc1cc(OC)c(OC)cc1C=C1Oc2cc(OCC(=O)NC(Cc3c[nH]c4ccccc34)C(=O)O)ccc2C1=O. The number of carbonyl (C=O) groups excluding carboxylic acids is 2. The molecular formula is C31H28N2O9. The zero-order chi connectivity index (χ0) is 29.8. The Morgan fingerprint density at radius 3 is 2.48 bits per heavy atom. The largest absolute Gasteiger partial charge is 0.496 e. The highest BCUT2D eigenvalue weighted by atomic mass is 16.5. The molecule has 1 aliphatic rings. The summed E-state index contributed by atoms with van der Waals surface area (Å²) in [6.45, 7) is -0.435. The molecule has 0 spiro atoms. The van der Waals surface area contributed by atoms with E-state index in [0.717, 1.165) is 16.5 Å². The predicted molar refractivity (Wildman–Crippen MR) is 153 cm³/mol. The Labute approximate surface area is 240 Å². The number of amides is 1. The van der Waals surface area contributed by atoms with Crippen molar-refractivity contribution in [1.82, 2.24) is 10.3 Å². The van der Waals surface area contributed by atoms with Crippen molar-refractivity contribution in [3.05, 3.63) is 83.2 Å². The monoisotopic (exact) mass is 572 g/mol. The molecule has 216 valence electrons. The molecule has 3 N–H and O–H groups in total. The first-order valence-electron chi connectivity index (χ1n) is 12.9. The number of aliphatic carboxylic acids is 1. The zero-order valence-electron chi connectivity index (χ0n) is 23.1. The summed E-state index contributed by atoms with van der Waals surface area (Å²) in [6.07, 6.45) is 3.37. The maximum absolute atomic E-state index is 13.0. The number of hydrogen-bond acceptors (Lipinski definition) is 8. The Morgan fingerprint density at radius 1 is 1.00 bits per heavy atom. The van der Waals surface area contributed by atoms with E-state index in [4.69, 9.17) is 23.7 Å². The maximum atomic E-state index is 13.0. The molecule has 1 amide bonds. The van der Waals surface area contributed by atoms with Gasteiger partial charge in [-0.3, -0.25) is 9.59 Å². The van der Waals surface area contributed by atoms with Crippen LogP contribution in [-0.2, 0) is 16.0 Å². The Bertz CT molecular complexity index is 1710. The number of hydrogen-bond donors (Lipinski definition) is 3. The van der Waals surface area contributed by atoms with E-state index in [9.17, 15) is 19.5 Å². The molecule has 11 heteroatoms. The number of benzene rings is 3. The number of carboxylic acid groups (broad SMARTS) is 1. The van der Waals surface area contributed by atoms with Crippen molar-refractivity contribution in [3.8, 4) is 28.7 Å². The van der Waals surface area contributed by atoms with Gasteiger partial charge in [0, 0.05) is 41.2 Å². The average Bonchev–Trinajstić information content (AvgIpc) is 3.55. The number of allylic oxidation sites excluding steroid dienone is 1. The molecule has 1 aromatic heterocycles. The lowest BCUT2D eigenvalue weighted by Gasteiger charge is -2.15. The van der Waals surface area contributed by atoms with Gasteiger partial charge in [0.25, 0.3) is 5.91 Å². The van der Waals surface area contributed by atoms with Crippen molar-refractivity contribution in [2.24, 2.45) is 0 Å². The van der Waals surface area contributed by atoms with Gasteiger partial charge in [-0.05, 0) is 35.9 Å². The highest BCUT2D eigenvalue weighted by Crippen LogP contribution is 2.39. The predicted octanol–water partition coefficient (Wildman–Crippen LogP) is 4.00. The summed E-state index contributed by atoms with van der Waals surface area (Å²) in [7, 11) is 4.51. The zero-order valence-corrected chi connectivity index (χ0v) is 23.1. The summed E-state index contributed by atoms with van der Waals surface area (Å²) in [4.78, 5) is 40.6. The third kappa shape index (κ3) is 5.71. The number of fused-ring (bicyclic) bond motifs is 2. The molecule has 5 rings (SSSR count). The number of aromatic amines is 1. The molecular weight excluding hydrogens is 544 g/mol. The molecule has 4 aromatic rings. The van der Waals surface area contributed by atoms with Crippen molar-refractivity contribution in [2.45, 2.75) is 12.5 Å². The molecule has 1 unspecified atom stereocenters. The van der Waals surface area contributed by atoms with Crippen LogP contribution in [0.5, 0.6) is 28.7 Å². The number of nitrogens with one attached hydrogen (secondary N) is 2. The standard InChI is InChI=1S/C31H28N2O9/c1-38-24-14-27(40-3)26(39-2)11-17(24)12-28-30(35)21-9-8-19(13-25(21)42-28)41-16-29(34)33-23(31(36)37)10-18-15-32-22-7-5-4-6-20(18)22/h4-9,11-15,23,32H,10,16H2,1-3H3,(H,33,34)(H,36,37). The van der Waals surface area contributed by atoms with Gasteiger partial charge < -0.3 is 39.1 Å². The van der Waals surface area contributed by atoms with Crippen LogP contribution >= 0.6 is 0 Å². The van der Waals surface area contributed by atoms with Crippen LogP contribution in [0.15, 0.2) is 66.6 Å². The van der Waals surface area contributed by atoms with Crippen LogP contribution in [0.2, 0.25) is 0 Å². The second kappa shape index (κ2) is 12.0. The van der Waals surface area contributed by atoms with Crippen molar-refractivity contribution >= 4 is 34.6 Å². The molecule has 0 saturated carbocycles. The second-order valence-corrected chi connectivity index (χ2v) is 9.36. The van der Waals surface area contributed by atoms with Crippen LogP contribution in [-0.4, -0.2) is 61.7 Å². The number of H-pyrrole nitrogens is 1. The first kappa shape index (κ1) is 28.1. The van der Waals surface area contributed by atoms with E-state index >= 15 is 0 Å². The number of para-hydroxylation sites is 1. The number of carbonyl (C=O) groups is 3. The quantitative estimate of drug-likeness (QED) is 0.227. The van der Waals surface area contributed by atoms with Gasteiger partial charge in [0.1, 0.15) is 23.3 Å². The summed E-state index contributed by atoms with van der Waals surface area (Å²) in [5.41, 5.74) is 2.51. The van der Waals surface area contributed by atoms with Crippen LogP contribution in [0.1, 0.15) is 21.5 Å². The Hall–Kier alpha value is -5.45. The lowest BCUT2D eigenvalue weighted by Crippen LogP contribution is -2.44. The lowest BCUT2D eigenvalue weighted by atomic mass is 10.1. The fourth-order valence-electron chi connectivity index (χ4n) is 4.67. The van der Waals surface area contributed by atoms with Gasteiger partial charge in [0.2, 0.25) is 5.78 Å². The Balaban J connectivity index is 1.25. The molecule has 0 saturated heterocycles. The van der Waals surface area contributed by atoms with Crippen molar-refractivity contribution < 1.29 is 43.2 Å². The summed E-state index contributed by atoms with van der Waals surface area (Å²) in [5, 5.41) is 13.1. The first-order chi connectivity index (χ1) is 20.3. The van der Waals surface area contributed by atoms with Gasteiger partial charge in [-0.15, -0.1) is 0 Å². The van der Waals surface area contributed by atoms with E-state index in [-0.39, 0.29) is 29.5 Å². The van der Waals surface area contributed by atoms with Gasteiger partial charge in [-0.2, -0.15) is 0 Å². The molecule has 0 bridgehead atoms. The van der Waals surface area contributed by atoms with Gasteiger partial charge in [0.05, 0.1) is 26.9 Å². The fraction of sp³-hybridized carbons (Fsp3) is 0.194. The second-order valence-electron chi connectivity index (χ2n) is 9.36. The number of ether oxygens (including phenoxy) is 5. The molecule has 2 heterocycles. The highest BCUT2D eigenvalue weighted by molar-refractivity contribution is 6.14. The number of methoxy groups -OCH3 is 3. The minimum absolute atomic E-state index is 0.0620. The Kier molecular flexibility index (Phi) is 8.00. The topological polar surface area (TPSA) is 145 Å². The highest BCUT2D eigenvalue weighted by Gasteiger charge is 2.29. The molecule has 3 aromatic carbocycles. The van der Waals surface area contributed by atoms with Crippen LogP contribution in [0, 0.1) is 0 Å². The normalized spacial score (nSPS) is 13.8. The average molecular weight is 573 g/mol.